The topological polar surface area (TPSA) is 47.0 Å². The number of ether oxygens (including phenoxy) is 1. The summed E-state index contributed by atoms with van der Waals surface area (Å²) in [7, 11) is 3.47. The van der Waals surface area contributed by atoms with Crippen LogP contribution in [0, 0.1) is 0 Å². The molecule has 0 aliphatic carbocycles. The van der Waals surface area contributed by atoms with E-state index in [0.29, 0.717) is 12.4 Å². The second kappa shape index (κ2) is 6.98. The predicted octanol–water partition coefficient (Wildman–Crippen LogP) is 4.62. The first-order valence-corrected chi connectivity index (χ1v) is 8.13. The lowest BCUT2D eigenvalue weighted by atomic mass is 10.2. The van der Waals surface area contributed by atoms with Crippen LogP contribution in [0.5, 0.6) is 0 Å². The molecule has 2 rings (SSSR count). The first-order chi connectivity index (χ1) is 9.56. The summed E-state index contributed by atoms with van der Waals surface area (Å²) in [5.74, 6) is 1.39. The summed E-state index contributed by atoms with van der Waals surface area (Å²) in [4.78, 5) is 9.07. The van der Waals surface area contributed by atoms with Crippen molar-refractivity contribution in [2.24, 2.45) is 0 Å². The van der Waals surface area contributed by atoms with E-state index in [0.717, 1.165) is 30.5 Å². The van der Waals surface area contributed by atoms with Crippen LogP contribution in [-0.2, 0) is 11.3 Å². The quantitative estimate of drug-likeness (QED) is 0.715. The lowest BCUT2D eigenvalue weighted by molar-refractivity contribution is 0.181. The molecule has 1 aromatic heterocycles. The van der Waals surface area contributed by atoms with Gasteiger partial charge in [0.2, 0.25) is 0 Å². The van der Waals surface area contributed by atoms with Gasteiger partial charge in [-0.2, -0.15) is 0 Å². The molecule has 0 spiro atoms. The second-order valence-electron chi connectivity index (χ2n) is 3.97. The minimum absolute atomic E-state index is 0.419. The van der Waals surface area contributed by atoms with Crippen LogP contribution in [0.3, 0.4) is 0 Å². The molecule has 1 aromatic carbocycles. The highest BCUT2D eigenvalue weighted by Crippen LogP contribution is 2.31. The van der Waals surface area contributed by atoms with E-state index in [1.165, 1.54) is 0 Å². The molecule has 0 saturated carbocycles. The third kappa shape index (κ3) is 3.39. The van der Waals surface area contributed by atoms with Crippen molar-refractivity contribution >= 4 is 53.6 Å². The molecule has 0 aliphatic heterocycles. The number of anilines is 1. The minimum Gasteiger partial charge on any atom is -0.378 e. The van der Waals surface area contributed by atoms with Gasteiger partial charge < -0.3 is 10.1 Å². The smallest absolute Gasteiger partial charge is 0.161 e. The Bertz CT molecular complexity index is 634. The van der Waals surface area contributed by atoms with Gasteiger partial charge in [-0.05, 0) is 66.0 Å². The van der Waals surface area contributed by atoms with Crippen LogP contribution in [0.2, 0.25) is 0 Å². The largest absolute Gasteiger partial charge is 0.378 e. The summed E-state index contributed by atoms with van der Waals surface area (Å²) in [6, 6.07) is 5.90. The minimum atomic E-state index is 0.419. The van der Waals surface area contributed by atoms with Gasteiger partial charge in [-0.3, -0.25) is 0 Å². The van der Waals surface area contributed by atoms with Gasteiger partial charge in [-0.15, -0.1) is 0 Å². The molecule has 0 aliphatic rings. The van der Waals surface area contributed by atoms with E-state index in [4.69, 9.17) is 4.74 Å². The Morgan fingerprint density at radius 2 is 1.90 bits per heavy atom. The van der Waals surface area contributed by atoms with Crippen molar-refractivity contribution in [3.63, 3.8) is 0 Å². The van der Waals surface area contributed by atoms with Gasteiger partial charge in [0.15, 0.2) is 5.82 Å². The molecule has 0 radical (unpaired) electrons. The molecule has 0 bridgehead atoms. The maximum Gasteiger partial charge on any atom is 0.161 e. The molecule has 0 atom stereocenters. The van der Waals surface area contributed by atoms with Gasteiger partial charge in [0.05, 0.1) is 16.8 Å². The van der Waals surface area contributed by atoms with Crippen LogP contribution < -0.4 is 5.32 Å². The lowest BCUT2D eigenvalue weighted by Gasteiger charge is -2.11. The van der Waals surface area contributed by atoms with Gasteiger partial charge in [-0.25, -0.2) is 9.97 Å². The van der Waals surface area contributed by atoms with E-state index < -0.39 is 0 Å². The standard InChI is InChI=1S/C13H12Br3N3O/c1-17-13-11(16)10(6-20-2)18-12(19-13)7-3-4-8(14)9(15)5-7/h3-5H,6H2,1-2H3,(H,17,18,19). The van der Waals surface area contributed by atoms with Crippen molar-refractivity contribution in [3.05, 3.63) is 37.3 Å². The molecule has 0 unspecified atom stereocenters. The average molecular weight is 466 g/mol. The molecule has 0 fully saturated rings. The predicted molar refractivity (Wildman–Crippen MR) is 90.8 cm³/mol. The van der Waals surface area contributed by atoms with E-state index in [2.05, 4.69) is 63.1 Å². The van der Waals surface area contributed by atoms with E-state index >= 15 is 0 Å². The molecule has 2 aromatic rings. The number of halogens is 3. The fourth-order valence-corrected chi connectivity index (χ4v) is 2.77. The monoisotopic (exact) mass is 463 g/mol. The molecule has 20 heavy (non-hydrogen) atoms. The molecule has 1 heterocycles. The van der Waals surface area contributed by atoms with Gasteiger partial charge in [0.25, 0.3) is 0 Å². The van der Waals surface area contributed by atoms with Crippen LogP contribution in [-0.4, -0.2) is 24.1 Å². The molecule has 7 heteroatoms. The maximum absolute atomic E-state index is 5.18. The van der Waals surface area contributed by atoms with Crippen molar-refractivity contribution < 1.29 is 4.74 Å². The van der Waals surface area contributed by atoms with Crippen molar-refractivity contribution in [2.45, 2.75) is 6.61 Å². The SMILES string of the molecule is CNc1nc(-c2ccc(Br)c(Br)c2)nc(COC)c1Br. The number of nitrogens with one attached hydrogen (secondary N) is 1. The Labute approximate surface area is 142 Å². The van der Waals surface area contributed by atoms with Gasteiger partial charge in [0, 0.05) is 28.7 Å². The van der Waals surface area contributed by atoms with E-state index in [-0.39, 0.29) is 0 Å². The fourth-order valence-electron chi connectivity index (χ4n) is 1.66. The summed E-state index contributed by atoms with van der Waals surface area (Å²) >= 11 is 10.4. The summed E-state index contributed by atoms with van der Waals surface area (Å²) < 4.78 is 7.95. The lowest BCUT2D eigenvalue weighted by Crippen LogP contribution is -2.04. The van der Waals surface area contributed by atoms with Crippen LogP contribution in [0.1, 0.15) is 5.69 Å². The van der Waals surface area contributed by atoms with Crippen molar-refractivity contribution in [3.8, 4) is 11.4 Å². The Morgan fingerprint density at radius 1 is 1.15 bits per heavy atom. The molecule has 0 saturated heterocycles. The van der Waals surface area contributed by atoms with Gasteiger partial charge in [-0.1, -0.05) is 0 Å². The van der Waals surface area contributed by atoms with E-state index in [1.807, 2.05) is 25.2 Å². The van der Waals surface area contributed by atoms with E-state index in [1.54, 1.807) is 7.11 Å². The number of hydrogen-bond acceptors (Lipinski definition) is 4. The van der Waals surface area contributed by atoms with Gasteiger partial charge in [0.1, 0.15) is 5.82 Å². The zero-order valence-electron chi connectivity index (χ0n) is 10.9. The van der Waals surface area contributed by atoms with E-state index in [9.17, 15) is 0 Å². The molecule has 106 valence electrons. The molecular formula is C13H12Br3N3O. The molecular weight excluding hydrogens is 454 g/mol. The summed E-state index contributed by atoms with van der Waals surface area (Å²) in [6.07, 6.45) is 0. The fraction of sp³-hybridized carbons (Fsp3) is 0.231. The van der Waals surface area contributed by atoms with Gasteiger partial charge >= 0.3 is 0 Å². The van der Waals surface area contributed by atoms with Crippen LogP contribution in [0.4, 0.5) is 5.82 Å². The third-order valence-corrected chi connectivity index (χ3v) is 5.33. The summed E-state index contributed by atoms with van der Waals surface area (Å²) in [6.45, 7) is 0.419. The number of benzene rings is 1. The number of methoxy groups -OCH3 is 1. The zero-order chi connectivity index (χ0) is 14.7. The Kier molecular flexibility index (Phi) is 5.54. The highest BCUT2D eigenvalue weighted by molar-refractivity contribution is 9.13. The second-order valence-corrected chi connectivity index (χ2v) is 6.47. The van der Waals surface area contributed by atoms with Crippen LogP contribution >= 0.6 is 47.8 Å². The number of nitrogens with zero attached hydrogens (tertiary/aromatic N) is 2. The Hall–Kier alpha value is -0.500. The highest BCUT2D eigenvalue weighted by atomic mass is 79.9. The van der Waals surface area contributed by atoms with Crippen molar-refractivity contribution in [1.29, 1.82) is 0 Å². The number of hydrogen-bond donors (Lipinski definition) is 1. The highest BCUT2D eigenvalue weighted by Gasteiger charge is 2.13. The maximum atomic E-state index is 5.18. The number of aromatic nitrogens is 2. The summed E-state index contributed by atoms with van der Waals surface area (Å²) in [5, 5.41) is 3.06. The first-order valence-electron chi connectivity index (χ1n) is 5.75. The summed E-state index contributed by atoms with van der Waals surface area (Å²) in [5.41, 5.74) is 1.74. The molecule has 1 N–H and O–H groups in total. The van der Waals surface area contributed by atoms with Crippen molar-refractivity contribution in [1.82, 2.24) is 9.97 Å². The normalized spacial score (nSPS) is 10.7. The molecule has 4 nitrogen and oxygen atoms in total. The Balaban J connectivity index is 2.55. The zero-order valence-corrected chi connectivity index (χ0v) is 15.6. The first kappa shape index (κ1) is 15.9. The Morgan fingerprint density at radius 3 is 2.50 bits per heavy atom. The third-order valence-electron chi connectivity index (χ3n) is 2.62. The van der Waals surface area contributed by atoms with Crippen LogP contribution in [0.25, 0.3) is 11.4 Å². The van der Waals surface area contributed by atoms with Crippen molar-refractivity contribution in [2.75, 3.05) is 19.5 Å². The molecule has 0 amide bonds. The average Bonchev–Trinajstić information content (AvgIpc) is 2.44. The number of rotatable bonds is 4. The van der Waals surface area contributed by atoms with Crippen LogP contribution in [0.15, 0.2) is 31.6 Å².